The van der Waals surface area contributed by atoms with Gasteiger partial charge in [-0.15, -0.1) is 0 Å². The number of rotatable bonds is 3. The van der Waals surface area contributed by atoms with Gasteiger partial charge in [0.15, 0.2) is 5.76 Å². The van der Waals surface area contributed by atoms with Gasteiger partial charge in [-0.2, -0.15) is 0 Å². The Bertz CT molecular complexity index is 731. The van der Waals surface area contributed by atoms with Crippen LogP contribution in [0.3, 0.4) is 0 Å². The molecule has 0 N–H and O–H groups in total. The molecule has 0 spiro atoms. The van der Waals surface area contributed by atoms with E-state index in [1.165, 1.54) is 0 Å². The van der Waals surface area contributed by atoms with Gasteiger partial charge in [0.2, 0.25) is 5.78 Å². The lowest BCUT2D eigenvalue weighted by molar-refractivity contribution is 0.101. The quantitative estimate of drug-likeness (QED) is 0.810. The van der Waals surface area contributed by atoms with Gasteiger partial charge in [0.05, 0.1) is 19.8 Å². The molecule has 0 aliphatic carbocycles. The largest absolute Gasteiger partial charge is 0.497 e. The fourth-order valence-electron chi connectivity index (χ4n) is 2.22. The number of ketones is 1. The van der Waals surface area contributed by atoms with E-state index in [4.69, 9.17) is 14.2 Å². The second-order valence-corrected chi connectivity index (χ2v) is 4.54. The molecular formula is C17H14O4. The van der Waals surface area contributed by atoms with E-state index in [0.717, 1.165) is 5.56 Å². The third-order valence-corrected chi connectivity index (χ3v) is 3.30. The van der Waals surface area contributed by atoms with E-state index in [1.54, 1.807) is 38.5 Å². The molecule has 0 saturated carbocycles. The fraction of sp³-hybridized carbons (Fsp3) is 0.118. The lowest BCUT2D eigenvalue weighted by Gasteiger charge is -2.04. The third-order valence-electron chi connectivity index (χ3n) is 3.30. The van der Waals surface area contributed by atoms with Crippen LogP contribution in [0.4, 0.5) is 0 Å². The topological polar surface area (TPSA) is 44.8 Å². The highest BCUT2D eigenvalue weighted by Gasteiger charge is 2.27. The Labute approximate surface area is 122 Å². The first-order valence-corrected chi connectivity index (χ1v) is 6.48. The summed E-state index contributed by atoms with van der Waals surface area (Å²) in [6.45, 7) is 0. The molecule has 2 aromatic rings. The molecular weight excluding hydrogens is 268 g/mol. The molecule has 0 atom stereocenters. The Morgan fingerprint density at radius 1 is 1.05 bits per heavy atom. The van der Waals surface area contributed by atoms with Crippen molar-refractivity contribution in [1.29, 1.82) is 0 Å². The van der Waals surface area contributed by atoms with Crippen LogP contribution in [-0.4, -0.2) is 20.0 Å². The average molecular weight is 282 g/mol. The molecule has 106 valence electrons. The van der Waals surface area contributed by atoms with E-state index < -0.39 is 0 Å². The smallest absolute Gasteiger partial charge is 0.231 e. The maximum absolute atomic E-state index is 12.3. The molecule has 3 rings (SSSR count). The summed E-state index contributed by atoms with van der Waals surface area (Å²) in [4.78, 5) is 12.3. The lowest BCUT2D eigenvalue weighted by Crippen LogP contribution is -1.98. The summed E-state index contributed by atoms with van der Waals surface area (Å²) >= 11 is 0. The second-order valence-electron chi connectivity index (χ2n) is 4.54. The third kappa shape index (κ3) is 2.36. The van der Waals surface area contributed by atoms with Crippen LogP contribution in [0.2, 0.25) is 0 Å². The van der Waals surface area contributed by atoms with Crippen molar-refractivity contribution >= 4 is 11.9 Å². The van der Waals surface area contributed by atoms with Gasteiger partial charge in [0, 0.05) is 11.6 Å². The van der Waals surface area contributed by atoms with Crippen LogP contribution in [0.5, 0.6) is 17.2 Å². The van der Waals surface area contributed by atoms with Crippen molar-refractivity contribution in [3.63, 3.8) is 0 Å². The van der Waals surface area contributed by atoms with Crippen LogP contribution in [0, 0.1) is 0 Å². The number of hydrogen-bond donors (Lipinski definition) is 0. The summed E-state index contributed by atoms with van der Waals surface area (Å²) in [6.07, 6.45) is 1.69. The second kappa shape index (κ2) is 5.32. The molecule has 21 heavy (non-hydrogen) atoms. The predicted octanol–water partition coefficient (Wildman–Crippen LogP) is 3.32. The first-order chi connectivity index (χ1) is 10.2. The Balaban J connectivity index is 1.99. The Kier molecular flexibility index (Phi) is 3.36. The highest BCUT2D eigenvalue weighted by molar-refractivity contribution is 6.14. The minimum absolute atomic E-state index is 0.140. The van der Waals surface area contributed by atoms with E-state index >= 15 is 0 Å². The number of allylic oxidation sites excluding steroid dienone is 1. The van der Waals surface area contributed by atoms with Crippen LogP contribution >= 0.6 is 0 Å². The molecule has 4 nitrogen and oxygen atoms in total. The molecule has 0 fully saturated rings. The Morgan fingerprint density at radius 3 is 2.62 bits per heavy atom. The standard InChI is InChI=1S/C17H14O4/c1-19-12-7-8-13-15(10-12)21-16(17(13)18)9-11-5-3-4-6-14(11)20-2/h3-10H,1-2H3/b16-9+. The Morgan fingerprint density at radius 2 is 1.86 bits per heavy atom. The van der Waals surface area contributed by atoms with Gasteiger partial charge in [-0.3, -0.25) is 4.79 Å². The molecule has 0 unspecified atom stereocenters. The van der Waals surface area contributed by atoms with Crippen molar-refractivity contribution in [2.75, 3.05) is 14.2 Å². The number of Topliss-reactive ketones (excluding diaryl/α,β-unsaturated/α-hetero) is 1. The number of methoxy groups -OCH3 is 2. The molecule has 0 aromatic heterocycles. The fourth-order valence-corrected chi connectivity index (χ4v) is 2.22. The number of hydrogen-bond acceptors (Lipinski definition) is 4. The first kappa shape index (κ1) is 13.2. The molecule has 0 saturated heterocycles. The van der Waals surface area contributed by atoms with E-state index in [9.17, 15) is 4.79 Å². The van der Waals surface area contributed by atoms with E-state index in [-0.39, 0.29) is 11.5 Å². The van der Waals surface area contributed by atoms with Gasteiger partial charge in [0.25, 0.3) is 0 Å². The van der Waals surface area contributed by atoms with Gasteiger partial charge in [0.1, 0.15) is 17.2 Å². The van der Waals surface area contributed by atoms with Crippen LogP contribution < -0.4 is 14.2 Å². The van der Waals surface area contributed by atoms with Crippen molar-refractivity contribution in [2.45, 2.75) is 0 Å². The van der Waals surface area contributed by atoms with E-state index in [0.29, 0.717) is 22.8 Å². The van der Waals surface area contributed by atoms with Crippen molar-refractivity contribution in [2.24, 2.45) is 0 Å². The summed E-state index contributed by atoms with van der Waals surface area (Å²) in [5.41, 5.74) is 1.33. The molecule has 0 radical (unpaired) electrons. The van der Waals surface area contributed by atoms with Crippen LogP contribution in [0.1, 0.15) is 15.9 Å². The number of benzene rings is 2. The predicted molar refractivity (Wildman–Crippen MR) is 78.9 cm³/mol. The zero-order valence-corrected chi connectivity index (χ0v) is 11.8. The number of fused-ring (bicyclic) bond motifs is 1. The van der Waals surface area contributed by atoms with Crippen molar-refractivity contribution < 1.29 is 19.0 Å². The maximum atomic E-state index is 12.3. The summed E-state index contributed by atoms with van der Waals surface area (Å²) in [5, 5.41) is 0. The molecule has 1 heterocycles. The van der Waals surface area contributed by atoms with Crippen LogP contribution in [-0.2, 0) is 0 Å². The molecule has 2 aromatic carbocycles. The summed E-state index contributed by atoms with van der Waals surface area (Å²) in [6, 6.07) is 12.6. The zero-order chi connectivity index (χ0) is 14.8. The van der Waals surface area contributed by atoms with Gasteiger partial charge in [-0.05, 0) is 24.3 Å². The van der Waals surface area contributed by atoms with Gasteiger partial charge >= 0.3 is 0 Å². The molecule has 1 aliphatic rings. The van der Waals surface area contributed by atoms with E-state index in [1.807, 2.05) is 24.3 Å². The maximum Gasteiger partial charge on any atom is 0.231 e. The first-order valence-electron chi connectivity index (χ1n) is 6.48. The molecule has 0 amide bonds. The minimum Gasteiger partial charge on any atom is -0.497 e. The monoisotopic (exact) mass is 282 g/mol. The SMILES string of the molecule is COc1ccc2c(c1)O/C(=C/c1ccccc1OC)C2=O. The molecule has 0 bridgehead atoms. The van der Waals surface area contributed by atoms with Gasteiger partial charge in [-0.1, -0.05) is 18.2 Å². The van der Waals surface area contributed by atoms with Gasteiger partial charge in [-0.25, -0.2) is 0 Å². The van der Waals surface area contributed by atoms with E-state index in [2.05, 4.69) is 0 Å². The summed E-state index contributed by atoms with van der Waals surface area (Å²) in [5.74, 6) is 2.00. The highest BCUT2D eigenvalue weighted by atomic mass is 16.5. The highest BCUT2D eigenvalue weighted by Crippen LogP contribution is 2.35. The number of ether oxygens (including phenoxy) is 3. The van der Waals surface area contributed by atoms with Crippen molar-refractivity contribution in [1.82, 2.24) is 0 Å². The zero-order valence-electron chi connectivity index (χ0n) is 11.8. The minimum atomic E-state index is -0.140. The Hall–Kier alpha value is -2.75. The number of para-hydroxylation sites is 1. The molecule has 1 aliphatic heterocycles. The summed E-state index contributed by atoms with van der Waals surface area (Å²) in [7, 11) is 3.17. The summed E-state index contributed by atoms with van der Waals surface area (Å²) < 4.78 is 16.0. The van der Waals surface area contributed by atoms with Crippen molar-refractivity contribution in [3.8, 4) is 17.2 Å². The average Bonchev–Trinajstić information content (AvgIpc) is 2.83. The normalized spacial score (nSPS) is 14.8. The van der Waals surface area contributed by atoms with Crippen LogP contribution in [0.15, 0.2) is 48.2 Å². The molecule has 4 heteroatoms. The van der Waals surface area contributed by atoms with Gasteiger partial charge < -0.3 is 14.2 Å². The van der Waals surface area contributed by atoms with Crippen molar-refractivity contribution in [3.05, 3.63) is 59.4 Å². The lowest BCUT2D eigenvalue weighted by atomic mass is 10.1. The number of carbonyl (C=O) groups excluding carboxylic acids is 1. The van der Waals surface area contributed by atoms with Crippen LogP contribution in [0.25, 0.3) is 6.08 Å². The number of carbonyl (C=O) groups is 1.